The molecule has 1 atom stereocenters. The van der Waals surface area contributed by atoms with E-state index in [1.54, 1.807) is 22.8 Å². The van der Waals surface area contributed by atoms with E-state index in [1.165, 1.54) is 0 Å². The molecule has 5 nitrogen and oxygen atoms in total. The smallest absolute Gasteiger partial charge is 0.408 e. The molecule has 0 aliphatic heterocycles. The molecule has 0 bridgehead atoms. The highest BCUT2D eigenvalue weighted by Crippen LogP contribution is 2.20. The number of aliphatic hydroxyl groups is 1. The van der Waals surface area contributed by atoms with E-state index in [0.717, 1.165) is 11.1 Å². The van der Waals surface area contributed by atoms with Gasteiger partial charge >= 0.3 is 5.76 Å². The third kappa shape index (κ3) is 1.99. The first-order valence-corrected chi connectivity index (χ1v) is 5.56. The Bertz CT molecular complexity index is 583. The second-order valence-electron chi connectivity index (χ2n) is 4.35. The summed E-state index contributed by atoms with van der Waals surface area (Å²) in [7, 11) is 0. The minimum Gasteiger partial charge on any atom is -0.408 e. The molecule has 0 aliphatic carbocycles. The highest BCUT2D eigenvalue weighted by Gasteiger charge is 2.13. The third-order valence-corrected chi connectivity index (χ3v) is 2.78. The summed E-state index contributed by atoms with van der Waals surface area (Å²) in [4.78, 5) is 11.6. The van der Waals surface area contributed by atoms with Crippen molar-refractivity contribution in [2.45, 2.75) is 25.9 Å². The molecule has 1 unspecified atom stereocenters. The molecule has 0 saturated carbocycles. The van der Waals surface area contributed by atoms with Crippen LogP contribution in [0.25, 0.3) is 11.1 Å². The molecule has 2 aromatic rings. The first kappa shape index (κ1) is 11.9. The SMILES string of the molecule is CC(C)n1c(=O)oc2cc(C(N)CO)ccc21. The van der Waals surface area contributed by atoms with E-state index in [2.05, 4.69) is 0 Å². The van der Waals surface area contributed by atoms with E-state index >= 15 is 0 Å². The number of nitrogens with zero attached hydrogens (tertiary/aromatic N) is 1. The number of nitrogens with two attached hydrogens (primary N) is 1. The molecule has 1 aromatic carbocycles. The Hall–Kier alpha value is -1.59. The molecule has 92 valence electrons. The number of aromatic nitrogens is 1. The molecule has 0 spiro atoms. The van der Waals surface area contributed by atoms with Crippen molar-refractivity contribution in [1.82, 2.24) is 4.57 Å². The first-order valence-electron chi connectivity index (χ1n) is 5.56. The highest BCUT2D eigenvalue weighted by molar-refractivity contribution is 5.74. The van der Waals surface area contributed by atoms with Gasteiger partial charge in [-0.3, -0.25) is 4.57 Å². The summed E-state index contributed by atoms with van der Waals surface area (Å²) in [5.74, 6) is -0.371. The van der Waals surface area contributed by atoms with Crippen molar-refractivity contribution in [2.24, 2.45) is 5.73 Å². The van der Waals surface area contributed by atoms with Gasteiger partial charge in [-0.05, 0) is 31.5 Å². The van der Waals surface area contributed by atoms with Crippen LogP contribution in [0.2, 0.25) is 0 Å². The van der Waals surface area contributed by atoms with Crippen molar-refractivity contribution >= 4 is 11.1 Å². The lowest BCUT2D eigenvalue weighted by atomic mass is 10.1. The number of hydrogen-bond donors (Lipinski definition) is 2. The monoisotopic (exact) mass is 236 g/mol. The van der Waals surface area contributed by atoms with Crippen molar-refractivity contribution in [3.8, 4) is 0 Å². The molecule has 1 aromatic heterocycles. The lowest BCUT2D eigenvalue weighted by Gasteiger charge is -2.09. The number of oxazole rings is 1. The average molecular weight is 236 g/mol. The van der Waals surface area contributed by atoms with Crippen LogP contribution in [0.4, 0.5) is 0 Å². The van der Waals surface area contributed by atoms with Gasteiger partial charge in [0.2, 0.25) is 0 Å². The van der Waals surface area contributed by atoms with Crippen LogP contribution in [-0.2, 0) is 0 Å². The summed E-state index contributed by atoms with van der Waals surface area (Å²) >= 11 is 0. The molecule has 0 saturated heterocycles. The van der Waals surface area contributed by atoms with Crippen LogP contribution in [0.3, 0.4) is 0 Å². The second-order valence-corrected chi connectivity index (χ2v) is 4.35. The normalized spacial score (nSPS) is 13.5. The Morgan fingerprint density at radius 1 is 1.47 bits per heavy atom. The van der Waals surface area contributed by atoms with E-state index in [-0.39, 0.29) is 18.4 Å². The maximum absolute atomic E-state index is 11.6. The van der Waals surface area contributed by atoms with Crippen molar-refractivity contribution in [2.75, 3.05) is 6.61 Å². The molecule has 0 aliphatic rings. The summed E-state index contributed by atoms with van der Waals surface area (Å²) < 4.78 is 6.75. The largest absolute Gasteiger partial charge is 0.420 e. The van der Waals surface area contributed by atoms with Gasteiger partial charge in [-0.2, -0.15) is 0 Å². The van der Waals surface area contributed by atoms with Crippen LogP contribution >= 0.6 is 0 Å². The zero-order chi connectivity index (χ0) is 12.6. The van der Waals surface area contributed by atoms with Crippen LogP contribution in [-0.4, -0.2) is 16.3 Å². The summed E-state index contributed by atoms with van der Waals surface area (Å²) in [6.45, 7) is 3.70. The van der Waals surface area contributed by atoms with Crippen LogP contribution in [0.5, 0.6) is 0 Å². The van der Waals surface area contributed by atoms with Crippen LogP contribution in [0, 0.1) is 0 Å². The molecular weight excluding hydrogens is 220 g/mol. The van der Waals surface area contributed by atoms with Crippen molar-refractivity contribution in [3.05, 3.63) is 34.3 Å². The molecule has 5 heteroatoms. The average Bonchev–Trinajstić information content (AvgIpc) is 2.62. The standard InChI is InChI=1S/C12H16N2O3/c1-7(2)14-10-4-3-8(9(13)6-15)5-11(10)17-12(14)16/h3-5,7,9,15H,6,13H2,1-2H3. The fourth-order valence-electron chi connectivity index (χ4n) is 1.88. The van der Waals surface area contributed by atoms with Gasteiger partial charge in [0.15, 0.2) is 5.58 Å². The Labute approximate surface area is 98.5 Å². The summed E-state index contributed by atoms with van der Waals surface area (Å²) in [6, 6.07) is 4.90. The van der Waals surface area contributed by atoms with Gasteiger partial charge in [0.1, 0.15) is 0 Å². The number of fused-ring (bicyclic) bond motifs is 1. The fourth-order valence-corrected chi connectivity index (χ4v) is 1.88. The van der Waals surface area contributed by atoms with Crippen LogP contribution in [0.1, 0.15) is 31.5 Å². The Balaban J connectivity index is 2.62. The second kappa shape index (κ2) is 4.35. The highest BCUT2D eigenvalue weighted by atomic mass is 16.4. The van der Waals surface area contributed by atoms with Gasteiger partial charge < -0.3 is 15.3 Å². The Morgan fingerprint density at radius 2 is 2.18 bits per heavy atom. The summed E-state index contributed by atoms with van der Waals surface area (Å²) in [6.07, 6.45) is 0. The van der Waals surface area contributed by atoms with Gasteiger partial charge in [-0.15, -0.1) is 0 Å². The Kier molecular flexibility index (Phi) is 3.04. The first-order chi connectivity index (χ1) is 8.04. The van der Waals surface area contributed by atoms with Crippen LogP contribution < -0.4 is 11.5 Å². The lowest BCUT2D eigenvalue weighted by Crippen LogP contribution is -2.16. The molecule has 0 amide bonds. The zero-order valence-corrected chi connectivity index (χ0v) is 9.88. The lowest BCUT2D eigenvalue weighted by molar-refractivity contribution is 0.268. The molecule has 17 heavy (non-hydrogen) atoms. The molecule has 0 radical (unpaired) electrons. The minimum absolute atomic E-state index is 0.0427. The minimum atomic E-state index is -0.452. The van der Waals surface area contributed by atoms with Gasteiger partial charge in [0.05, 0.1) is 18.2 Å². The predicted molar refractivity (Wildman–Crippen MR) is 64.9 cm³/mol. The van der Waals surface area contributed by atoms with Crippen molar-refractivity contribution in [3.63, 3.8) is 0 Å². The number of benzene rings is 1. The van der Waals surface area contributed by atoms with E-state index < -0.39 is 6.04 Å². The molecular formula is C12H16N2O3. The maximum atomic E-state index is 11.6. The quantitative estimate of drug-likeness (QED) is 0.838. The molecule has 3 N–H and O–H groups in total. The topological polar surface area (TPSA) is 81.4 Å². The predicted octanol–water partition coefficient (Wildman–Crippen LogP) is 1.17. The van der Waals surface area contributed by atoms with Gasteiger partial charge in [-0.25, -0.2) is 4.79 Å². The van der Waals surface area contributed by atoms with E-state index in [1.807, 2.05) is 13.8 Å². The molecule has 0 fully saturated rings. The summed E-state index contributed by atoms with van der Waals surface area (Å²) in [5, 5.41) is 8.99. The van der Waals surface area contributed by atoms with E-state index in [0.29, 0.717) is 5.58 Å². The van der Waals surface area contributed by atoms with E-state index in [9.17, 15) is 4.79 Å². The zero-order valence-electron chi connectivity index (χ0n) is 9.88. The van der Waals surface area contributed by atoms with Gasteiger partial charge in [0, 0.05) is 6.04 Å². The number of aliphatic hydroxyl groups excluding tert-OH is 1. The van der Waals surface area contributed by atoms with Gasteiger partial charge in [-0.1, -0.05) is 6.07 Å². The Morgan fingerprint density at radius 3 is 2.76 bits per heavy atom. The molecule has 2 rings (SSSR count). The van der Waals surface area contributed by atoms with E-state index in [4.69, 9.17) is 15.3 Å². The maximum Gasteiger partial charge on any atom is 0.420 e. The molecule has 1 heterocycles. The third-order valence-electron chi connectivity index (χ3n) is 2.78. The van der Waals surface area contributed by atoms with Crippen molar-refractivity contribution in [1.29, 1.82) is 0 Å². The summed E-state index contributed by atoms with van der Waals surface area (Å²) in [5.41, 5.74) is 7.72. The van der Waals surface area contributed by atoms with Gasteiger partial charge in [0.25, 0.3) is 0 Å². The number of rotatable bonds is 3. The fraction of sp³-hybridized carbons (Fsp3) is 0.417. The van der Waals surface area contributed by atoms with Crippen molar-refractivity contribution < 1.29 is 9.52 Å². The van der Waals surface area contributed by atoms with Crippen LogP contribution in [0.15, 0.2) is 27.4 Å². The number of hydrogen-bond acceptors (Lipinski definition) is 4.